The Labute approximate surface area is 130 Å². The van der Waals surface area contributed by atoms with E-state index in [0.717, 1.165) is 25.7 Å². The lowest BCUT2D eigenvalue weighted by molar-refractivity contribution is -0.142. The molecule has 0 aliphatic carbocycles. The molecule has 0 radical (unpaired) electrons. The van der Waals surface area contributed by atoms with Crippen molar-refractivity contribution in [1.29, 1.82) is 0 Å². The molecule has 0 saturated carbocycles. The molecule has 1 amide bonds. The molecule has 0 N–H and O–H groups in total. The van der Waals surface area contributed by atoms with E-state index in [4.69, 9.17) is 9.47 Å². The van der Waals surface area contributed by atoms with E-state index >= 15 is 0 Å². The Morgan fingerprint density at radius 1 is 1.27 bits per heavy atom. The lowest BCUT2D eigenvalue weighted by atomic mass is 10.0. The van der Waals surface area contributed by atoms with Crippen LogP contribution in [-0.2, 0) is 14.3 Å². The number of amides is 1. The number of carbonyl (C=O) groups is 2. The van der Waals surface area contributed by atoms with Crippen LogP contribution in [0.1, 0.15) is 42.2 Å². The Morgan fingerprint density at radius 2 is 2.05 bits per heavy atom. The summed E-state index contributed by atoms with van der Waals surface area (Å²) >= 11 is 0. The lowest BCUT2D eigenvalue weighted by Crippen LogP contribution is -2.44. The van der Waals surface area contributed by atoms with Gasteiger partial charge in [0.2, 0.25) is 0 Å². The van der Waals surface area contributed by atoms with Crippen LogP contribution in [0.25, 0.3) is 0 Å². The zero-order valence-corrected chi connectivity index (χ0v) is 12.9. The number of aromatic nitrogens is 1. The number of esters is 1. The van der Waals surface area contributed by atoms with Gasteiger partial charge in [-0.2, -0.15) is 0 Å². The van der Waals surface area contributed by atoms with Gasteiger partial charge in [0.25, 0.3) is 5.91 Å². The molecule has 2 saturated heterocycles. The Hall–Kier alpha value is -1.82. The van der Waals surface area contributed by atoms with Crippen molar-refractivity contribution in [3.8, 4) is 0 Å². The van der Waals surface area contributed by atoms with Crippen LogP contribution >= 0.6 is 0 Å². The van der Waals surface area contributed by atoms with Crippen molar-refractivity contribution >= 4 is 11.9 Å². The number of hydrogen-bond donors (Lipinski definition) is 0. The zero-order chi connectivity index (χ0) is 15.5. The monoisotopic (exact) mass is 306 g/mol. The summed E-state index contributed by atoms with van der Waals surface area (Å²) in [5.74, 6) is -0.195. The maximum atomic E-state index is 12.3. The minimum atomic E-state index is -0.317. The Balaban J connectivity index is 1.61. The molecule has 6 nitrogen and oxygen atoms in total. The first-order valence-electron chi connectivity index (χ1n) is 7.86. The van der Waals surface area contributed by atoms with Crippen molar-refractivity contribution in [3.05, 3.63) is 24.0 Å². The lowest BCUT2D eigenvalue weighted by Gasteiger charge is -2.34. The van der Waals surface area contributed by atoms with Crippen LogP contribution in [0.2, 0.25) is 0 Å². The average Bonchev–Trinajstić information content (AvgIpc) is 3.25. The largest absolute Gasteiger partial charge is 0.464 e. The van der Waals surface area contributed by atoms with Gasteiger partial charge < -0.3 is 18.9 Å². The number of hydrogen-bond acceptors (Lipinski definition) is 4. The van der Waals surface area contributed by atoms with Gasteiger partial charge in [0.1, 0.15) is 11.8 Å². The molecule has 1 aromatic heterocycles. The van der Waals surface area contributed by atoms with Crippen LogP contribution in [0.4, 0.5) is 0 Å². The van der Waals surface area contributed by atoms with Crippen LogP contribution in [0, 0.1) is 0 Å². The molecule has 2 aliphatic rings. The summed E-state index contributed by atoms with van der Waals surface area (Å²) in [6, 6.07) is 3.86. The van der Waals surface area contributed by atoms with Crippen molar-refractivity contribution in [2.75, 3.05) is 26.8 Å². The van der Waals surface area contributed by atoms with E-state index < -0.39 is 0 Å². The summed E-state index contributed by atoms with van der Waals surface area (Å²) in [5.41, 5.74) is 0.575. The molecule has 0 spiro atoms. The zero-order valence-electron chi connectivity index (χ0n) is 12.9. The fourth-order valence-electron chi connectivity index (χ4n) is 3.33. The normalized spacial score (nSPS) is 22.8. The second kappa shape index (κ2) is 6.52. The van der Waals surface area contributed by atoms with Crippen molar-refractivity contribution in [3.63, 3.8) is 0 Å². The van der Waals surface area contributed by atoms with E-state index in [9.17, 15) is 9.59 Å². The van der Waals surface area contributed by atoms with Gasteiger partial charge in [-0.1, -0.05) is 0 Å². The summed E-state index contributed by atoms with van der Waals surface area (Å²) in [6.07, 6.45) is 5.17. The van der Waals surface area contributed by atoms with E-state index in [-0.39, 0.29) is 24.0 Å². The van der Waals surface area contributed by atoms with Crippen LogP contribution in [-0.4, -0.2) is 54.3 Å². The van der Waals surface area contributed by atoms with Gasteiger partial charge >= 0.3 is 5.97 Å². The second-order valence-electron chi connectivity index (χ2n) is 5.85. The van der Waals surface area contributed by atoms with Crippen molar-refractivity contribution < 1.29 is 19.1 Å². The highest BCUT2D eigenvalue weighted by molar-refractivity contribution is 5.87. The molecule has 0 unspecified atom stereocenters. The van der Waals surface area contributed by atoms with Crippen molar-refractivity contribution in [2.24, 2.45) is 0 Å². The Kier molecular flexibility index (Phi) is 4.47. The second-order valence-corrected chi connectivity index (χ2v) is 5.85. The predicted molar refractivity (Wildman–Crippen MR) is 79.6 cm³/mol. The molecule has 2 aliphatic heterocycles. The standard InChI is InChI=1S/C16H22N2O4/c1-21-16(20)13-4-2-8-18(13)12-6-9-17(10-7-12)15(19)14-5-3-11-22-14/h2,4,8,12,14H,3,5-7,9-11H2,1H3/t14-/m1/s1. The number of rotatable bonds is 3. The molecule has 1 aromatic rings. The molecule has 3 heterocycles. The number of likely N-dealkylation sites (tertiary alicyclic amines) is 1. The molecule has 22 heavy (non-hydrogen) atoms. The smallest absolute Gasteiger partial charge is 0.354 e. The van der Waals surface area contributed by atoms with E-state index in [2.05, 4.69) is 0 Å². The SMILES string of the molecule is COC(=O)c1cccn1C1CCN(C(=O)[C@H]2CCCO2)CC1. The first kappa shape index (κ1) is 15.1. The molecule has 0 bridgehead atoms. The van der Waals surface area contributed by atoms with Crippen molar-refractivity contribution in [1.82, 2.24) is 9.47 Å². The number of ether oxygens (including phenoxy) is 2. The van der Waals surface area contributed by atoms with E-state index in [1.54, 1.807) is 6.07 Å². The number of carbonyl (C=O) groups excluding carboxylic acids is 2. The number of piperidine rings is 1. The fourth-order valence-corrected chi connectivity index (χ4v) is 3.33. The molecular formula is C16H22N2O4. The molecule has 3 rings (SSSR count). The number of methoxy groups -OCH3 is 1. The van der Waals surface area contributed by atoms with Gasteiger partial charge in [-0.15, -0.1) is 0 Å². The summed E-state index contributed by atoms with van der Waals surface area (Å²) in [4.78, 5) is 26.0. The molecular weight excluding hydrogens is 284 g/mol. The molecule has 6 heteroatoms. The third kappa shape index (κ3) is 2.88. The predicted octanol–water partition coefficient (Wildman–Crippen LogP) is 1.62. The van der Waals surface area contributed by atoms with Gasteiger partial charge in [-0.05, 0) is 37.8 Å². The Morgan fingerprint density at radius 3 is 2.68 bits per heavy atom. The van der Waals surface area contributed by atoms with Gasteiger partial charge in [-0.3, -0.25) is 4.79 Å². The van der Waals surface area contributed by atoms with Gasteiger partial charge in [0.15, 0.2) is 0 Å². The van der Waals surface area contributed by atoms with Crippen LogP contribution in [0.15, 0.2) is 18.3 Å². The summed E-state index contributed by atoms with van der Waals surface area (Å²) in [7, 11) is 1.39. The van der Waals surface area contributed by atoms with Crippen LogP contribution in [0.3, 0.4) is 0 Å². The topological polar surface area (TPSA) is 60.8 Å². The highest BCUT2D eigenvalue weighted by Gasteiger charge is 2.31. The third-order valence-corrected chi connectivity index (χ3v) is 4.55. The maximum absolute atomic E-state index is 12.3. The molecule has 0 aromatic carbocycles. The summed E-state index contributed by atoms with van der Waals surface area (Å²) in [6.45, 7) is 2.11. The minimum absolute atomic E-state index is 0.122. The first-order chi connectivity index (χ1) is 10.7. The highest BCUT2D eigenvalue weighted by atomic mass is 16.5. The summed E-state index contributed by atoms with van der Waals surface area (Å²) < 4.78 is 12.3. The minimum Gasteiger partial charge on any atom is -0.464 e. The van der Waals surface area contributed by atoms with Crippen LogP contribution < -0.4 is 0 Å². The quantitative estimate of drug-likeness (QED) is 0.796. The van der Waals surface area contributed by atoms with Gasteiger partial charge in [0, 0.05) is 31.9 Å². The molecule has 2 fully saturated rings. The van der Waals surface area contributed by atoms with Gasteiger partial charge in [-0.25, -0.2) is 4.79 Å². The molecule has 120 valence electrons. The van der Waals surface area contributed by atoms with E-state index in [0.29, 0.717) is 25.4 Å². The maximum Gasteiger partial charge on any atom is 0.354 e. The number of nitrogens with zero attached hydrogens (tertiary/aromatic N) is 2. The van der Waals surface area contributed by atoms with E-state index in [1.165, 1.54) is 7.11 Å². The van der Waals surface area contributed by atoms with Crippen molar-refractivity contribution in [2.45, 2.75) is 37.8 Å². The third-order valence-electron chi connectivity index (χ3n) is 4.55. The first-order valence-corrected chi connectivity index (χ1v) is 7.86. The molecule has 1 atom stereocenters. The fraction of sp³-hybridized carbons (Fsp3) is 0.625. The van der Waals surface area contributed by atoms with E-state index in [1.807, 2.05) is 21.7 Å². The van der Waals surface area contributed by atoms with Gasteiger partial charge in [0.05, 0.1) is 7.11 Å². The average molecular weight is 306 g/mol. The summed E-state index contributed by atoms with van der Waals surface area (Å²) in [5, 5.41) is 0. The highest BCUT2D eigenvalue weighted by Crippen LogP contribution is 2.26. The van der Waals surface area contributed by atoms with Crippen LogP contribution in [0.5, 0.6) is 0 Å². The Bertz CT molecular complexity index is 540.